The molecule has 8 heteroatoms. The van der Waals surface area contributed by atoms with E-state index in [1.807, 2.05) is 25.1 Å². The van der Waals surface area contributed by atoms with Gasteiger partial charge < -0.3 is 0 Å². The molecule has 0 saturated heterocycles. The molecule has 0 fully saturated rings. The van der Waals surface area contributed by atoms with E-state index in [4.69, 9.17) is 5.53 Å². The van der Waals surface area contributed by atoms with Gasteiger partial charge in [0.1, 0.15) is 0 Å². The molecule has 0 saturated carbocycles. The third-order valence-corrected chi connectivity index (χ3v) is 5.27. The fourth-order valence-corrected chi connectivity index (χ4v) is 3.32. The topological polar surface area (TPSA) is 76.1 Å². The van der Waals surface area contributed by atoms with Crippen LogP contribution in [0.15, 0.2) is 71.0 Å². The first-order chi connectivity index (χ1) is 13.9. The molecule has 0 spiro atoms. The van der Waals surface area contributed by atoms with Crippen molar-refractivity contribution in [2.24, 2.45) is 10.3 Å². The van der Waals surface area contributed by atoms with Crippen molar-refractivity contribution < 1.29 is 41.5 Å². The van der Waals surface area contributed by atoms with Crippen molar-refractivity contribution in [3.8, 4) is 11.1 Å². The molecular formula is C21H14F2N4NaO. The third-order valence-electron chi connectivity index (χ3n) is 4.49. The van der Waals surface area contributed by atoms with E-state index in [1.54, 1.807) is 24.3 Å². The molecule has 0 aromatic heterocycles. The maximum atomic E-state index is 13.8. The number of nitrogens with zero attached hydrogens (tertiary/aromatic N) is 3. The van der Waals surface area contributed by atoms with Crippen LogP contribution in [-0.4, -0.2) is 8.87 Å². The summed E-state index contributed by atoms with van der Waals surface area (Å²) < 4.78 is 28.2. The number of benzene rings is 3. The molecule has 1 amide bonds. The maximum absolute atomic E-state index is 13.8. The third kappa shape index (κ3) is 4.82. The van der Waals surface area contributed by atoms with Gasteiger partial charge in [0, 0.05) is 0 Å². The molecule has 0 aliphatic carbocycles. The Morgan fingerprint density at radius 3 is 2.31 bits per heavy atom. The van der Waals surface area contributed by atoms with Crippen LogP contribution < -0.4 is 33.2 Å². The average Bonchev–Trinajstić information content (AvgIpc) is 2.69. The normalized spacial score (nSPS) is 11.2. The van der Waals surface area contributed by atoms with Crippen molar-refractivity contribution in [1.29, 1.82) is 0 Å². The zero-order chi connectivity index (χ0) is 21.0. The Morgan fingerprint density at radius 2 is 1.69 bits per heavy atom. The van der Waals surface area contributed by atoms with E-state index in [2.05, 4.69) is 15.6 Å². The number of rotatable bonds is 5. The summed E-state index contributed by atoms with van der Waals surface area (Å²) in [6.45, 7) is 1.97. The van der Waals surface area contributed by atoms with E-state index in [0.717, 1.165) is 34.4 Å². The molecule has 139 valence electrons. The minimum atomic E-state index is -0.915. The molecule has 7 radical (unpaired) electrons. The first-order valence-corrected chi connectivity index (χ1v) is 9.76. The van der Waals surface area contributed by atoms with E-state index in [0.29, 0.717) is 36.6 Å². The van der Waals surface area contributed by atoms with Gasteiger partial charge in [-0.3, -0.25) is 0 Å². The second-order valence-electron chi connectivity index (χ2n) is 6.43. The molecule has 0 unspecified atom stereocenters. The zero-order valence-corrected chi connectivity index (χ0v) is 17.8. The predicted octanol–water partition coefficient (Wildman–Crippen LogP) is 2.43. The zero-order valence-electron chi connectivity index (χ0n) is 15.8. The Labute approximate surface area is 183 Å². The molecule has 29 heavy (non-hydrogen) atoms. The molecular weight excluding hydrogens is 385 g/mol. The molecule has 3 aromatic rings. The molecule has 0 aliphatic heterocycles. The fourth-order valence-electron chi connectivity index (χ4n) is 2.92. The van der Waals surface area contributed by atoms with E-state index in [1.165, 1.54) is 6.07 Å². The summed E-state index contributed by atoms with van der Waals surface area (Å²) in [5.41, 5.74) is 12.2. The van der Waals surface area contributed by atoms with Crippen LogP contribution in [0.3, 0.4) is 0 Å². The summed E-state index contributed by atoms with van der Waals surface area (Å²) in [4.78, 5) is 12.2. The van der Waals surface area contributed by atoms with Gasteiger partial charge in [-0.25, -0.2) is 8.78 Å². The van der Waals surface area contributed by atoms with E-state index in [9.17, 15) is 13.6 Å². The van der Waals surface area contributed by atoms with Gasteiger partial charge in [-0.1, -0.05) is 6.07 Å². The minimum absolute atomic E-state index is 0.416. The second-order valence-corrected chi connectivity index (χ2v) is 7.38. The van der Waals surface area contributed by atoms with Crippen molar-refractivity contribution in [3.05, 3.63) is 94.5 Å². The van der Waals surface area contributed by atoms with Crippen LogP contribution in [0, 0.1) is 18.6 Å². The first kappa shape index (κ1) is 21.0. The number of anilines is 1. The number of aryl methyl sites for hydroxylation is 1. The van der Waals surface area contributed by atoms with Crippen molar-refractivity contribution in [1.82, 2.24) is 0 Å². The summed E-state index contributed by atoms with van der Waals surface area (Å²) >= 11 is 0.615. The Bertz CT molecular complexity index is 1090. The van der Waals surface area contributed by atoms with Crippen molar-refractivity contribution in [2.45, 2.75) is 6.92 Å². The van der Waals surface area contributed by atoms with Crippen LogP contribution >= 0.6 is 0 Å². The summed E-state index contributed by atoms with van der Waals surface area (Å²) in [6, 6.07) is 16.0. The van der Waals surface area contributed by atoms with Gasteiger partial charge in [0.05, 0.1) is 0 Å². The van der Waals surface area contributed by atoms with E-state index >= 15 is 0 Å². The number of carbonyl (C=O) groups excluding carboxylic acids is 1. The number of hydrogen-bond acceptors (Lipinski definition) is 2. The van der Waals surface area contributed by atoms with Gasteiger partial charge in [0.25, 0.3) is 0 Å². The summed E-state index contributed by atoms with van der Waals surface area (Å²) in [7, 11) is 0. The first-order valence-electron chi connectivity index (χ1n) is 8.76. The van der Waals surface area contributed by atoms with Crippen LogP contribution in [0.1, 0.15) is 21.5 Å². The molecule has 0 atom stereocenters. The van der Waals surface area contributed by atoms with Gasteiger partial charge in [-0.2, -0.15) is 0 Å². The standard InChI is InChI=1S/C21H14F2N4O.Na/c1-13-5-6-14(12-25-27-24)11-17(13)15-7-9-16(10-8-15)26-21(28)20-18(22)3-2-4-19(20)23;/h2-11H,1H3,(H,26,28);/q-1;+1. The number of halogens is 2. The molecule has 0 aliphatic rings. The van der Waals surface area contributed by atoms with Crippen LogP contribution in [-0.2, 0) is 0 Å². The molecule has 3 aromatic carbocycles. The van der Waals surface area contributed by atoms with Gasteiger partial charge in [-0.15, -0.1) is 0 Å². The molecule has 0 bridgehead atoms. The monoisotopic (exact) mass is 399 g/mol. The molecule has 1 N–H and O–H groups in total. The van der Waals surface area contributed by atoms with E-state index in [-0.39, 0.29) is 0 Å². The van der Waals surface area contributed by atoms with Gasteiger partial charge in [0.15, 0.2) is 0 Å². The van der Waals surface area contributed by atoms with Crippen LogP contribution in [0.5, 0.6) is 0 Å². The summed E-state index contributed by atoms with van der Waals surface area (Å²) in [6.07, 6.45) is 0. The van der Waals surface area contributed by atoms with Crippen LogP contribution in [0.25, 0.3) is 16.7 Å². The van der Waals surface area contributed by atoms with Gasteiger partial charge >= 0.3 is 157 Å². The predicted molar refractivity (Wildman–Crippen MR) is 103 cm³/mol. The average molecular weight is 399 g/mol. The Hall–Kier alpha value is -2.74. The van der Waals surface area contributed by atoms with E-state index < -0.39 is 23.1 Å². The second kappa shape index (κ2) is 9.17. The SMILES string of the molecule is Cc1ccc([C]([Na+])=NN=[N-])cc1-c1ccc(NC(=O)c2c(F)cccc2F)cc1. The number of hydrogen-bond donors (Lipinski definition) is 1. The van der Waals surface area contributed by atoms with Gasteiger partial charge in [-0.05, 0) is 12.1 Å². The number of nitrogens with one attached hydrogen (secondary N) is 1. The molecule has 5 nitrogen and oxygen atoms in total. The molecule has 3 rings (SSSR count). The Morgan fingerprint density at radius 1 is 1.03 bits per heavy atom. The fraction of sp³-hybridized carbons (Fsp3) is 0.0476. The van der Waals surface area contributed by atoms with Crippen LogP contribution in [0.2, 0.25) is 0 Å². The molecule has 0 heterocycles. The number of amides is 1. The van der Waals surface area contributed by atoms with Crippen molar-refractivity contribution in [3.63, 3.8) is 0 Å². The Balaban J connectivity index is 1.86. The number of carbonyl (C=O) groups is 1. The van der Waals surface area contributed by atoms with Gasteiger partial charge in [0.2, 0.25) is 0 Å². The summed E-state index contributed by atoms with van der Waals surface area (Å²) in [5.74, 6) is -2.68. The van der Waals surface area contributed by atoms with Crippen LogP contribution in [0.4, 0.5) is 14.5 Å². The summed E-state index contributed by atoms with van der Waals surface area (Å²) in [5, 5.41) is 9.05. The van der Waals surface area contributed by atoms with Crippen molar-refractivity contribution >= 4 is 14.6 Å². The Kier molecular flexibility index (Phi) is 6.64. The quantitative estimate of drug-likeness (QED) is 0.304. The van der Waals surface area contributed by atoms with Crippen molar-refractivity contribution in [2.75, 3.05) is 5.32 Å².